The van der Waals surface area contributed by atoms with Gasteiger partial charge in [0.25, 0.3) is 5.91 Å². The summed E-state index contributed by atoms with van der Waals surface area (Å²) in [7, 11) is -3.34. The zero-order valence-corrected chi connectivity index (χ0v) is 12.0. The first-order valence-electron chi connectivity index (χ1n) is 6.32. The van der Waals surface area contributed by atoms with Crippen LogP contribution in [0.2, 0.25) is 0 Å². The van der Waals surface area contributed by atoms with Crippen LogP contribution in [0.5, 0.6) is 0 Å². The van der Waals surface area contributed by atoms with E-state index in [1.807, 2.05) is 0 Å². The van der Waals surface area contributed by atoms with Crippen LogP contribution in [0, 0.1) is 0 Å². The van der Waals surface area contributed by atoms with Gasteiger partial charge in [-0.2, -0.15) is 0 Å². The minimum absolute atomic E-state index is 0.103. The molecule has 1 fully saturated rings. The second kappa shape index (κ2) is 5.51. The van der Waals surface area contributed by atoms with Crippen molar-refractivity contribution in [2.75, 3.05) is 25.9 Å². The molecule has 1 aliphatic heterocycles. The van der Waals surface area contributed by atoms with Crippen molar-refractivity contribution in [2.24, 2.45) is 0 Å². The van der Waals surface area contributed by atoms with E-state index >= 15 is 0 Å². The largest absolute Gasteiger partial charge is 0.387 e. The van der Waals surface area contributed by atoms with Crippen molar-refractivity contribution >= 4 is 15.7 Å². The van der Waals surface area contributed by atoms with E-state index in [-0.39, 0.29) is 17.0 Å². The lowest BCUT2D eigenvalue weighted by Gasteiger charge is -2.21. The number of carbonyl (C=O) groups excluding carboxylic acids is 1. The van der Waals surface area contributed by atoms with Crippen LogP contribution >= 0.6 is 0 Å². The van der Waals surface area contributed by atoms with Gasteiger partial charge in [0.2, 0.25) is 0 Å². The van der Waals surface area contributed by atoms with Gasteiger partial charge in [-0.3, -0.25) is 4.79 Å². The molecule has 1 aromatic carbocycles. The molecule has 3 N–H and O–H groups in total. The molecule has 0 radical (unpaired) electrons. The third-order valence-electron chi connectivity index (χ3n) is 3.32. The van der Waals surface area contributed by atoms with E-state index in [0.717, 1.165) is 12.8 Å². The van der Waals surface area contributed by atoms with Crippen LogP contribution in [0.1, 0.15) is 16.8 Å². The summed E-state index contributed by atoms with van der Waals surface area (Å²) in [6, 6.07) is 5.85. The fourth-order valence-corrected chi connectivity index (χ4v) is 2.76. The minimum atomic E-state index is -3.34. The average Bonchev–Trinajstić information content (AvgIpc) is 2.83. The molecule has 1 aliphatic rings. The zero-order chi connectivity index (χ0) is 14.8. The zero-order valence-electron chi connectivity index (χ0n) is 11.2. The fourth-order valence-electron chi connectivity index (χ4n) is 2.10. The highest BCUT2D eigenvalue weighted by Crippen LogP contribution is 2.14. The van der Waals surface area contributed by atoms with Crippen molar-refractivity contribution in [1.82, 2.24) is 10.6 Å². The van der Waals surface area contributed by atoms with Crippen molar-refractivity contribution in [3.63, 3.8) is 0 Å². The predicted molar refractivity (Wildman–Crippen MR) is 74.3 cm³/mol. The maximum Gasteiger partial charge on any atom is 0.251 e. The molecule has 0 unspecified atom stereocenters. The Hall–Kier alpha value is -1.44. The summed E-state index contributed by atoms with van der Waals surface area (Å²) in [6.45, 7) is 1.30. The third-order valence-corrected chi connectivity index (χ3v) is 4.43. The summed E-state index contributed by atoms with van der Waals surface area (Å²) >= 11 is 0. The third kappa shape index (κ3) is 3.56. The number of β-amino-alcohol motifs (C(OH)–C–C–N with tert-alkyl or cyclic N) is 1. The molecule has 0 saturated carbocycles. The Morgan fingerprint density at radius 2 is 2.25 bits per heavy atom. The van der Waals surface area contributed by atoms with Crippen LogP contribution in [0.15, 0.2) is 29.2 Å². The number of sulfone groups is 1. The number of hydrogen-bond acceptors (Lipinski definition) is 5. The van der Waals surface area contributed by atoms with E-state index in [0.29, 0.717) is 13.0 Å². The summed E-state index contributed by atoms with van der Waals surface area (Å²) in [5, 5.41) is 15.8. The summed E-state index contributed by atoms with van der Waals surface area (Å²) in [6.07, 6.45) is 1.67. The molecule has 6 nitrogen and oxygen atoms in total. The number of aliphatic hydroxyl groups is 1. The van der Waals surface area contributed by atoms with Crippen molar-refractivity contribution in [3.8, 4) is 0 Å². The standard InChI is InChI=1S/C13H18N2O4S/c1-20(18,19)11-4-2-3-10(7-11)12(16)15-9-13(17)5-6-14-8-13/h2-4,7,14,17H,5-6,8-9H2,1H3,(H,15,16)/t13-/m1/s1. The highest BCUT2D eigenvalue weighted by Gasteiger charge is 2.31. The van der Waals surface area contributed by atoms with Gasteiger partial charge >= 0.3 is 0 Å². The lowest BCUT2D eigenvalue weighted by atomic mass is 10.0. The Kier molecular flexibility index (Phi) is 4.12. The molecule has 2 rings (SSSR count). The molecule has 0 aromatic heterocycles. The van der Waals surface area contributed by atoms with Crippen molar-refractivity contribution in [2.45, 2.75) is 16.9 Å². The topological polar surface area (TPSA) is 95.5 Å². The maximum absolute atomic E-state index is 12.0. The SMILES string of the molecule is CS(=O)(=O)c1cccc(C(=O)NC[C@@]2(O)CCNC2)c1. The Bertz CT molecular complexity index is 607. The smallest absolute Gasteiger partial charge is 0.251 e. The first kappa shape index (κ1) is 15.0. The number of carbonyl (C=O) groups is 1. The van der Waals surface area contributed by atoms with Gasteiger partial charge in [0, 0.05) is 24.9 Å². The van der Waals surface area contributed by atoms with Crippen molar-refractivity contribution in [3.05, 3.63) is 29.8 Å². The number of hydrogen-bond donors (Lipinski definition) is 3. The highest BCUT2D eigenvalue weighted by atomic mass is 32.2. The molecule has 0 bridgehead atoms. The lowest BCUT2D eigenvalue weighted by molar-refractivity contribution is 0.0562. The number of benzene rings is 1. The molecule has 7 heteroatoms. The number of nitrogens with one attached hydrogen (secondary N) is 2. The molecule has 0 spiro atoms. The molecule has 1 aromatic rings. The van der Waals surface area contributed by atoms with Gasteiger partial charge in [-0.05, 0) is 31.2 Å². The Balaban J connectivity index is 2.06. The molecule has 1 heterocycles. The van der Waals surface area contributed by atoms with E-state index < -0.39 is 21.3 Å². The van der Waals surface area contributed by atoms with Crippen LogP contribution in [-0.2, 0) is 9.84 Å². The van der Waals surface area contributed by atoms with Crippen LogP contribution < -0.4 is 10.6 Å². The Morgan fingerprint density at radius 1 is 1.50 bits per heavy atom. The van der Waals surface area contributed by atoms with E-state index in [4.69, 9.17) is 0 Å². The monoisotopic (exact) mass is 298 g/mol. The van der Waals surface area contributed by atoms with Crippen LogP contribution in [0.4, 0.5) is 0 Å². The van der Waals surface area contributed by atoms with Gasteiger partial charge in [0.15, 0.2) is 9.84 Å². The Morgan fingerprint density at radius 3 is 2.85 bits per heavy atom. The van der Waals surface area contributed by atoms with Gasteiger partial charge < -0.3 is 15.7 Å². The second-order valence-corrected chi connectivity index (χ2v) is 7.15. The fraction of sp³-hybridized carbons (Fsp3) is 0.462. The van der Waals surface area contributed by atoms with Gasteiger partial charge in [0.05, 0.1) is 10.5 Å². The van der Waals surface area contributed by atoms with Gasteiger partial charge in [-0.25, -0.2) is 8.42 Å². The van der Waals surface area contributed by atoms with Crippen molar-refractivity contribution < 1.29 is 18.3 Å². The van der Waals surface area contributed by atoms with Gasteiger partial charge in [-0.1, -0.05) is 6.07 Å². The molecular formula is C13H18N2O4S. The summed E-state index contributed by atoms with van der Waals surface area (Å²) in [4.78, 5) is 12.1. The molecular weight excluding hydrogens is 280 g/mol. The summed E-state index contributed by atoms with van der Waals surface area (Å²) in [5.41, 5.74) is -0.660. The number of rotatable bonds is 4. The molecule has 110 valence electrons. The van der Waals surface area contributed by atoms with Crippen LogP contribution in [-0.4, -0.2) is 50.9 Å². The van der Waals surface area contributed by atoms with Crippen LogP contribution in [0.3, 0.4) is 0 Å². The van der Waals surface area contributed by atoms with Gasteiger partial charge in [-0.15, -0.1) is 0 Å². The summed E-state index contributed by atoms with van der Waals surface area (Å²) < 4.78 is 22.9. The quantitative estimate of drug-likeness (QED) is 0.699. The molecule has 1 saturated heterocycles. The normalized spacial score (nSPS) is 22.7. The first-order valence-corrected chi connectivity index (χ1v) is 8.21. The van der Waals surface area contributed by atoms with E-state index in [1.165, 1.54) is 18.2 Å². The molecule has 1 atom stereocenters. The molecule has 20 heavy (non-hydrogen) atoms. The van der Waals surface area contributed by atoms with E-state index in [2.05, 4.69) is 10.6 Å². The van der Waals surface area contributed by atoms with Crippen LogP contribution in [0.25, 0.3) is 0 Å². The second-order valence-electron chi connectivity index (χ2n) is 5.13. The lowest BCUT2D eigenvalue weighted by Crippen LogP contribution is -2.44. The molecule has 0 aliphatic carbocycles. The number of amides is 1. The first-order chi connectivity index (χ1) is 9.30. The minimum Gasteiger partial charge on any atom is -0.387 e. The highest BCUT2D eigenvalue weighted by molar-refractivity contribution is 7.90. The summed E-state index contributed by atoms with van der Waals surface area (Å²) in [5.74, 6) is -0.393. The molecule has 1 amide bonds. The predicted octanol–water partition coefficient (Wildman–Crippen LogP) is -0.456. The van der Waals surface area contributed by atoms with Gasteiger partial charge in [0.1, 0.15) is 0 Å². The Labute approximate surface area is 118 Å². The van der Waals surface area contributed by atoms with E-state index in [1.54, 1.807) is 6.07 Å². The van der Waals surface area contributed by atoms with Crippen molar-refractivity contribution in [1.29, 1.82) is 0 Å². The van der Waals surface area contributed by atoms with E-state index in [9.17, 15) is 18.3 Å². The maximum atomic E-state index is 12.0. The average molecular weight is 298 g/mol.